The number of aromatic nitrogens is 4. The zero-order chi connectivity index (χ0) is 20.4. The van der Waals surface area contributed by atoms with Gasteiger partial charge in [0.25, 0.3) is 5.91 Å². The van der Waals surface area contributed by atoms with Gasteiger partial charge in [-0.25, -0.2) is 8.91 Å². The van der Waals surface area contributed by atoms with Gasteiger partial charge in [0, 0.05) is 12.8 Å². The average molecular weight is 391 g/mol. The van der Waals surface area contributed by atoms with Gasteiger partial charge in [-0.1, -0.05) is 30.3 Å². The van der Waals surface area contributed by atoms with Crippen LogP contribution >= 0.6 is 0 Å². The number of hydrogen-bond acceptors (Lipinski definition) is 5. The second kappa shape index (κ2) is 7.76. The molecule has 0 aliphatic heterocycles. The highest BCUT2D eigenvalue weighted by atomic mass is 19.1. The molecule has 0 aliphatic carbocycles. The molecule has 1 amide bonds. The van der Waals surface area contributed by atoms with Crippen LogP contribution in [-0.4, -0.2) is 32.8 Å². The largest absolute Gasteiger partial charge is 0.378 e. The number of amides is 1. The molecule has 7 nitrogen and oxygen atoms in total. The quantitative estimate of drug-likeness (QED) is 0.562. The second-order valence-corrected chi connectivity index (χ2v) is 6.45. The number of carbonyl (C=O) groups excluding carboxylic acids is 1. The van der Waals surface area contributed by atoms with E-state index in [0.717, 1.165) is 5.56 Å². The second-order valence-electron chi connectivity index (χ2n) is 6.45. The first-order chi connectivity index (χ1) is 14.1. The van der Waals surface area contributed by atoms with E-state index in [1.807, 2.05) is 18.2 Å². The first-order valence-corrected chi connectivity index (χ1v) is 8.94. The average Bonchev–Trinajstić information content (AvgIpc) is 3.09. The molecule has 4 aromatic rings. The number of carbonyl (C=O) groups is 1. The molecule has 0 saturated heterocycles. The number of benzene rings is 2. The Morgan fingerprint density at radius 2 is 1.83 bits per heavy atom. The number of halogens is 1. The molecule has 0 saturated carbocycles. The fourth-order valence-electron chi connectivity index (χ4n) is 3.12. The molecular weight excluding hydrogens is 373 g/mol. The summed E-state index contributed by atoms with van der Waals surface area (Å²) < 4.78 is 20.2. The zero-order valence-electron chi connectivity index (χ0n) is 15.9. The summed E-state index contributed by atoms with van der Waals surface area (Å²) in [6.07, 6.45) is 0. The van der Waals surface area contributed by atoms with E-state index in [0.29, 0.717) is 28.3 Å². The van der Waals surface area contributed by atoms with E-state index in [-0.39, 0.29) is 24.0 Å². The smallest absolute Gasteiger partial charge is 0.278 e. The number of anilines is 1. The third-order valence-electron chi connectivity index (χ3n) is 4.50. The Labute approximate surface area is 166 Å². The van der Waals surface area contributed by atoms with Crippen LogP contribution in [0.5, 0.6) is 0 Å². The predicted octanol–water partition coefficient (Wildman–Crippen LogP) is 3.64. The van der Waals surface area contributed by atoms with Crippen molar-refractivity contribution in [2.45, 2.75) is 13.5 Å². The van der Waals surface area contributed by atoms with Gasteiger partial charge in [0.15, 0.2) is 11.3 Å². The Morgan fingerprint density at radius 3 is 2.52 bits per heavy atom. The van der Waals surface area contributed by atoms with Gasteiger partial charge in [-0.05, 0) is 36.8 Å². The van der Waals surface area contributed by atoms with Crippen molar-refractivity contribution in [3.63, 3.8) is 0 Å². The molecule has 146 valence electrons. The third kappa shape index (κ3) is 3.57. The van der Waals surface area contributed by atoms with E-state index in [9.17, 15) is 9.18 Å². The van der Waals surface area contributed by atoms with Crippen molar-refractivity contribution in [1.82, 2.24) is 19.8 Å². The number of aryl methyl sites for hydroxylation is 1. The number of hydrogen-bond donors (Lipinski definition) is 1. The molecule has 1 N–H and O–H groups in total. The molecule has 0 unspecified atom stereocenters. The van der Waals surface area contributed by atoms with Crippen molar-refractivity contribution in [3.8, 4) is 11.1 Å². The zero-order valence-corrected chi connectivity index (χ0v) is 15.9. The molecule has 2 heterocycles. The molecule has 0 radical (unpaired) electrons. The molecule has 4 rings (SSSR count). The van der Waals surface area contributed by atoms with Crippen molar-refractivity contribution in [3.05, 3.63) is 77.5 Å². The fraction of sp³-hybridized carbons (Fsp3) is 0.143. The van der Waals surface area contributed by atoms with Gasteiger partial charge in [0.05, 0.1) is 23.6 Å². The van der Waals surface area contributed by atoms with Gasteiger partial charge < -0.3 is 10.1 Å². The molecule has 0 spiro atoms. The maximum absolute atomic E-state index is 13.4. The van der Waals surface area contributed by atoms with Crippen LogP contribution in [0.1, 0.15) is 21.9 Å². The lowest BCUT2D eigenvalue weighted by Crippen LogP contribution is -2.18. The minimum absolute atomic E-state index is 0.165. The molecule has 0 bridgehead atoms. The van der Waals surface area contributed by atoms with E-state index >= 15 is 0 Å². The summed E-state index contributed by atoms with van der Waals surface area (Å²) in [5.41, 5.74) is 3.88. The number of nitrogens with one attached hydrogen (secondary N) is 1. The van der Waals surface area contributed by atoms with Crippen LogP contribution < -0.4 is 5.32 Å². The van der Waals surface area contributed by atoms with E-state index < -0.39 is 0 Å². The lowest BCUT2D eigenvalue weighted by Gasteiger charge is -2.07. The summed E-state index contributed by atoms with van der Waals surface area (Å²) in [4.78, 5) is 12.7. The van der Waals surface area contributed by atoms with Crippen LogP contribution in [0.15, 0.2) is 54.6 Å². The molecule has 0 fully saturated rings. The topological polar surface area (TPSA) is 81.4 Å². The molecular formula is C21H18FN5O2. The van der Waals surface area contributed by atoms with Crippen LogP contribution in [0.3, 0.4) is 0 Å². The first kappa shape index (κ1) is 18.7. The van der Waals surface area contributed by atoms with Crippen LogP contribution in [0, 0.1) is 12.7 Å². The van der Waals surface area contributed by atoms with Crippen molar-refractivity contribution in [2.75, 3.05) is 12.4 Å². The van der Waals surface area contributed by atoms with Gasteiger partial charge in [0.1, 0.15) is 5.82 Å². The Kier molecular flexibility index (Phi) is 5.01. The van der Waals surface area contributed by atoms with Crippen LogP contribution in [0.2, 0.25) is 0 Å². The lowest BCUT2D eigenvalue weighted by molar-refractivity contribution is 0.102. The minimum Gasteiger partial charge on any atom is -0.378 e. The Morgan fingerprint density at radius 1 is 1.10 bits per heavy atom. The van der Waals surface area contributed by atoms with Crippen molar-refractivity contribution in [1.29, 1.82) is 0 Å². The Balaban J connectivity index is 1.80. The number of rotatable bonds is 5. The highest BCUT2D eigenvalue weighted by Gasteiger charge is 2.22. The van der Waals surface area contributed by atoms with Crippen molar-refractivity contribution >= 4 is 17.2 Å². The van der Waals surface area contributed by atoms with Gasteiger partial charge in [-0.3, -0.25) is 4.79 Å². The van der Waals surface area contributed by atoms with E-state index in [1.165, 1.54) is 12.1 Å². The third-order valence-corrected chi connectivity index (χ3v) is 4.50. The normalized spacial score (nSPS) is 11.0. The monoisotopic (exact) mass is 391 g/mol. The van der Waals surface area contributed by atoms with E-state index in [4.69, 9.17) is 4.74 Å². The SMILES string of the molecule is COCc1nn2c(C)c(C(=O)Nc3ccccc3)nnc2c1-c1ccc(F)cc1. The van der Waals surface area contributed by atoms with E-state index in [2.05, 4.69) is 20.6 Å². The Bertz CT molecular complexity index is 1170. The summed E-state index contributed by atoms with van der Waals surface area (Å²) in [5, 5.41) is 15.8. The van der Waals surface area contributed by atoms with Crippen molar-refractivity contribution in [2.24, 2.45) is 0 Å². The highest BCUT2D eigenvalue weighted by Crippen LogP contribution is 2.29. The summed E-state index contributed by atoms with van der Waals surface area (Å²) in [7, 11) is 1.57. The first-order valence-electron chi connectivity index (χ1n) is 8.94. The fourth-order valence-corrected chi connectivity index (χ4v) is 3.12. The number of para-hydroxylation sites is 1. The van der Waals surface area contributed by atoms with Gasteiger partial charge in [0.2, 0.25) is 0 Å². The number of nitrogens with zero attached hydrogens (tertiary/aromatic N) is 4. The summed E-state index contributed by atoms with van der Waals surface area (Å²) in [6.45, 7) is 1.99. The molecule has 29 heavy (non-hydrogen) atoms. The predicted molar refractivity (Wildman–Crippen MR) is 106 cm³/mol. The summed E-state index contributed by atoms with van der Waals surface area (Å²) in [6, 6.07) is 15.2. The number of ether oxygens (including phenoxy) is 1. The summed E-state index contributed by atoms with van der Waals surface area (Å²) in [5.74, 6) is -0.712. The molecule has 8 heteroatoms. The van der Waals surface area contributed by atoms with E-state index in [1.54, 1.807) is 42.8 Å². The number of methoxy groups -OCH3 is 1. The summed E-state index contributed by atoms with van der Waals surface area (Å²) >= 11 is 0. The molecule has 2 aromatic carbocycles. The lowest BCUT2D eigenvalue weighted by atomic mass is 10.1. The Hall–Kier alpha value is -3.65. The molecule has 0 aliphatic rings. The number of fused-ring (bicyclic) bond motifs is 1. The maximum atomic E-state index is 13.4. The van der Waals surface area contributed by atoms with Crippen LogP contribution in [-0.2, 0) is 11.3 Å². The molecule has 0 atom stereocenters. The van der Waals surface area contributed by atoms with Gasteiger partial charge in [-0.15, -0.1) is 10.2 Å². The standard InChI is InChI=1S/C21H18FN5O2/c1-13-19(21(28)23-16-6-4-3-5-7-16)24-25-20-18(14-8-10-15(22)11-9-14)17(12-29-2)26-27(13)20/h3-11H,12H2,1-2H3,(H,23,28). The highest BCUT2D eigenvalue weighted by molar-refractivity contribution is 6.03. The van der Waals surface area contributed by atoms with Crippen molar-refractivity contribution < 1.29 is 13.9 Å². The van der Waals surface area contributed by atoms with Crippen LogP contribution in [0.4, 0.5) is 10.1 Å². The molecule has 2 aromatic heterocycles. The maximum Gasteiger partial charge on any atom is 0.278 e. The van der Waals surface area contributed by atoms with Gasteiger partial charge in [-0.2, -0.15) is 5.10 Å². The van der Waals surface area contributed by atoms with Crippen LogP contribution in [0.25, 0.3) is 16.8 Å². The minimum atomic E-state index is -0.379. The van der Waals surface area contributed by atoms with Gasteiger partial charge >= 0.3 is 0 Å².